The lowest BCUT2D eigenvalue weighted by Gasteiger charge is -2.60. The minimum atomic E-state index is -0.124. The Labute approximate surface area is 124 Å². The van der Waals surface area contributed by atoms with Crippen LogP contribution in [0.1, 0.15) is 47.0 Å². The first kappa shape index (κ1) is 16.2. The van der Waals surface area contributed by atoms with Gasteiger partial charge < -0.3 is 15.2 Å². The highest BCUT2D eigenvalue weighted by molar-refractivity contribution is 5.15. The SMILES string of the molecule is CCOC1CCCN(CC2(N)CC(OCC)C2(C)C)C1. The summed E-state index contributed by atoms with van der Waals surface area (Å²) in [5, 5.41) is 0. The third kappa shape index (κ3) is 3.03. The highest BCUT2D eigenvalue weighted by Gasteiger charge is 2.58. The molecule has 2 aliphatic rings. The fourth-order valence-electron chi connectivity index (χ4n) is 3.70. The van der Waals surface area contributed by atoms with Crippen LogP contribution in [0.2, 0.25) is 0 Å². The maximum Gasteiger partial charge on any atom is 0.0702 e. The molecule has 118 valence electrons. The van der Waals surface area contributed by atoms with Crippen LogP contribution in [0.15, 0.2) is 0 Å². The zero-order valence-corrected chi connectivity index (χ0v) is 13.7. The molecule has 3 unspecified atom stereocenters. The second-order valence-electron chi connectivity index (χ2n) is 6.98. The van der Waals surface area contributed by atoms with Crippen molar-refractivity contribution in [3.63, 3.8) is 0 Å². The maximum atomic E-state index is 6.69. The molecule has 4 heteroatoms. The second-order valence-corrected chi connectivity index (χ2v) is 6.98. The number of nitrogens with zero attached hydrogens (tertiary/aromatic N) is 1. The van der Waals surface area contributed by atoms with Gasteiger partial charge >= 0.3 is 0 Å². The van der Waals surface area contributed by atoms with E-state index in [4.69, 9.17) is 15.2 Å². The van der Waals surface area contributed by atoms with Crippen molar-refractivity contribution in [3.05, 3.63) is 0 Å². The van der Waals surface area contributed by atoms with Crippen LogP contribution in [-0.4, -0.2) is 55.5 Å². The molecular weight excluding hydrogens is 252 g/mol. The van der Waals surface area contributed by atoms with Crippen molar-refractivity contribution >= 4 is 0 Å². The third-order valence-corrected chi connectivity index (χ3v) is 5.38. The largest absolute Gasteiger partial charge is 0.378 e. The average molecular weight is 284 g/mol. The summed E-state index contributed by atoms with van der Waals surface area (Å²) in [6.07, 6.45) is 4.08. The molecule has 1 saturated heterocycles. The van der Waals surface area contributed by atoms with Crippen LogP contribution in [0.4, 0.5) is 0 Å². The third-order valence-electron chi connectivity index (χ3n) is 5.38. The summed E-state index contributed by atoms with van der Waals surface area (Å²) < 4.78 is 11.6. The first-order valence-electron chi connectivity index (χ1n) is 8.17. The van der Waals surface area contributed by atoms with Crippen molar-refractivity contribution < 1.29 is 9.47 Å². The lowest BCUT2D eigenvalue weighted by Crippen LogP contribution is -2.74. The van der Waals surface area contributed by atoms with Crippen molar-refractivity contribution in [2.75, 3.05) is 32.8 Å². The smallest absolute Gasteiger partial charge is 0.0702 e. The van der Waals surface area contributed by atoms with Gasteiger partial charge in [-0.25, -0.2) is 0 Å². The normalized spacial score (nSPS) is 37.6. The van der Waals surface area contributed by atoms with Crippen LogP contribution < -0.4 is 5.73 Å². The summed E-state index contributed by atoms with van der Waals surface area (Å²) in [4.78, 5) is 2.49. The van der Waals surface area contributed by atoms with Gasteiger partial charge in [-0.3, -0.25) is 4.90 Å². The van der Waals surface area contributed by atoms with Crippen molar-refractivity contribution in [2.45, 2.75) is 64.7 Å². The predicted molar refractivity (Wildman–Crippen MR) is 81.8 cm³/mol. The van der Waals surface area contributed by atoms with E-state index in [1.807, 2.05) is 0 Å². The van der Waals surface area contributed by atoms with Crippen molar-refractivity contribution in [1.29, 1.82) is 0 Å². The van der Waals surface area contributed by atoms with E-state index >= 15 is 0 Å². The molecular formula is C16H32N2O2. The number of likely N-dealkylation sites (tertiary alicyclic amines) is 1. The van der Waals surface area contributed by atoms with E-state index in [1.54, 1.807) is 0 Å². The zero-order chi connectivity index (χ0) is 14.8. The van der Waals surface area contributed by atoms with E-state index in [2.05, 4.69) is 32.6 Å². The molecule has 1 aliphatic heterocycles. The summed E-state index contributed by atoms with van der Waals surface area (Å²) in [6, 6.07) is 0. The molecule has 1 heterocycles. The van der Waals surface area contributed by atoms with Crippen molar-refractivity contribution in [1.82, 2.24) is 4.90 Å². The van der Waals surface area contributed by atoms with Gasteiger partial charge in [-0.05, 0) is 39.7 Å². The zero-order valence-electron chi connectivity index (χ0n) is 13.7. The Balaban J connectivity index is 1.89. The Kier molecular flexibility index (Phi) is 5.11. The Morgan fingerprint density at radius 1 is 1.20 bits per heavy atom. The first-order valence-corrected chi connectivity index (χ1v) is 8.17. The number of rotatable bonds is 6. The van der Waals surface area contributed by atoms with E-state index in [9.17, 15) is 0 Å². The maximum absolute atomic E-state index is 6.69. The summed E-state index contributed by atoms with van der Waals surface area (Å²) >= 11 is 0. The molecule has 0 aromatic carbocycles. The number of hydrogen-bond donors (Lipinski definition) is 1. The minimum absolute atomic E-state index is 0.0571. The fourth-order valence-corrected chi connectivity index (χ4v) is 3.70. The molecule has 20 heavy (non-hydrogen) atoms. The molecule has 2 fully saturated rings. The number of ether oxygens (including phenoxy) is 2. The molecule has 0 radical (unpaired) electrons. The highest BCUT2D eigenvalue weighted by atomic mass is 16.5. The molecule has 0 spiro atoms. The predicted octanol–water partition coefficient (Wildman–Crippen LogP) is 2.02. The van der Waals surface area contributed by atoms with Gasteiger partial charge in [0.15, 0.2) is 0 Å². The molecule has 2 rings (SSSR count). The summed E-state index contributed by atoms with van der Waals surface area (Å²) in [5.74, 6) is 0. The number of piperidine rings is 1. The lowest BCUT2D eigenvalue weighted by molar-refractivity contribution is -0.159. The molecule has 3 atom stereocenters. The van der Waals surface area contributed by atoms with Crippen LogP contribution in [0.5, 0.6) is 0 Å². The number of nitrogens with two attached hydrogens (primary N) is 1. The molecule has 1 saturated carbocycles. The van der Waals surface area contributed by atoms with Crippen LogP contribution in [-0.2, 0) is 9.47 Å². The average Bonchev–Trinajstić information content (AvgIpc) is 2.39. The lowest BCUT2D eigenvalue weighted by atomic mass is 9.54. The van der Waals surface area contributed by atoms with E-state index < -0.39 is 0 Å². The van der Waals surface area contributed by atoms with Crippen molar-refractivity contribution in [2.24, 2.45) is 11.1 Å². The Bertz CT molecular complexity index is 320. The number of hydrogen-bond acceptors (Lipinski definition) is 4. The van der Waals surface area contributed by atoms with Gasteiger partial charge in [-0.1, -0.05) is 13.8 Å². The van der Waals surface area contributed by atoms with Gasteiger partial charge in [-0.15, -0.1) is 0 Å². The van der Waals surface area contributed by atoms with Crippen LogP contribution in [0, 0.1) is 5.41 Å². The summed E-state index contributed by atoms with van der Waals surface area (Å²) in [7, 11) is 0. The van der Waals surface area contributed by atoms with Crippen LogP contribution in [0.3, 0.4) is 0 Å². The van der Waals surface area contributed by atoms with E-state index in [1.165, 1.54) is 12.8 Å². The summed E-state index contributed by atoms with van der Waals surface area (Å²) in [5.41, 5.74) is 6.62. The van der Waals surface area contributed by atoms with E-state index in [0.717, 1.165) is 39.3 Å². The van der Waals surface area contributed by atoms with E-state index in [0.29, 0.717) is 12.2 Å². The van der Waals surface area contributed by atoms with Gasteiger partial charge in [0, 0.05) is 37.3 Å². The summed E-state index contributed by atoms with van der Waals surface area (Å²) in [6.45, 7) is 13.4. The molecule has 2 N–H and O–H groups in total. The molecule has 4 nitrogen and oxygen atoms in total. The van der Waals surface area contributed by atoms with Crippen molar-refractivity contribution in [3.8, 4) is 0 Å². The molecule has 0 bridgehead atoms. The molecule has 0 aromatic heterocycles. The van der Waals surface area contributed by atoms with Gasteiger partial charge in [0.2, 0.25) is 0 Å². The van der Waals surface area contributed by atoms with Crippen LogP contribution in [0.25, 0.3) is 0 Å². The topological polar surface area (TPSA) is 47.7 Å². The molecule has 0 aromatic rings. The van der Waals surface area contributed by atoms with E-state index in [-0.39, 0.29) is 11.0 Å². The fraction of sp³-hybridized carbons (Fsp3) is 1.00. The van der Waals surface area contributed by atoms with Gasteiger partial charge in [-0.2, -0.15) is 0 Å². The minimum Gasteiger partial charge on any atom is -0.378 e. The Morgan fingerprint density at radius 3 is 2.50 bits per heavy atom. The Hall–Kier alpha value is -0.160. The van der Waals surface area contributed by atoms with Gasteiger partial charge in [0.05, 0.1) is 12.2 Å². The Morgan fingerprint density at radius 2 is 1.90 bits per heavy atom. The van der Waals surface area contributed by atoms with Gasteiger partial charge in [0.1, 0.15) is 0 Å². The quantitative estimate of drug-likeness (QED) is 0.810. The molecule has 1 aliphatic carbocycles. The molecule has 0 amide bonds. The van der Waals surface area contributed by atoms with Gasteiger partial charge in [0.25, 0.3) is 0 Å². The van der Waals surface area contributed by atoms with Crippen LogP contribution >= 0.6 is 0 Å². The first-order chi connectivity index (χ1) is 9.43. The highest BCUT2D eigenvalue weighted by Crippen LogP contribution is 2.50. The standard InChI is InChI=1S/C16H32N2O2/c1-5-19-13-8-7-9-18(11-13)12-16(17)10-14(20-6-2)15(16,3)4/h13-14H,5-12,17H2,1-4H3. The monoisotopic (exact) mass is 284 g/mol. The second kappa shape index (κ2) is 6.30.